The van der Waals surface area contributed by atoms with Crippen LogP contribution in [0.5, 0.6) is 0 Å². The molecule has 1 aliphatic carbocycles. The van der Waals surface area contributed by atoms with Crippen molar-refractivity contribution in [2.45, 2.75) is 83.6 Å². The molecule has 1 fully saturated rings. The molecule has 1 aliphatic rings. The van der Waals surface area contributed by atoms with Gasteiger partial charge in [0.25, 0.3) is 0 Å². The minimum atomic E-state index is 0. The maximum Gasteiger partial charge on any atom is 0.155 e. The quantitative estimate of drug-likeness (QED) is 0.677. The zero-order valence-corrected chi connectivity index (χ0v) is 13.1. The molecule has 0 bridgehead atoms. The van der Waals surface area contributed by atoms with E-state index < -0.39 is 0 Å². The van der Waals surface area contributed by atoms with Crippen molar-refractivity contribution < 1.29 is 19.1 Å². The maximum atomic E-state index is 10.4. The highest BCUT2D eigenvalue weighted by Gasteiger charge is 2.36. The van der Waals surface area contributed by atoms with Crippen molar-refractivity contribution in [3.8, 4) is 0 Å². The number of Topliss-reactive ketones (excluding diaryl/α,β-unsaturated/α-hetero) is 3. The zero-order chi connectivity index (χ0) is 15.4. The van der Waals surface area contributed by atoms with E-state index in [1.165, 1.54) is 14.0 Å². The van der Waals surface area contributed by atoms with Gasteiger partial charge in [0.2, 0.25) is 0 Å². The SMILES string of the molecule is C.C.C.C.CC(=O)C1CC1C.CCCC(C)=O.COCC(C)=O. The van der Waals surface area contributed by atoms with Crippen LogP contribution < -0.4 is 0 Å². The highest BCUT2D eigenvalue weighted by Crippen LogP contribution is 2.37. The van der Waals surface area contributed by atoms with Crippen LogP contribution in [0.4, 0.5) is 0 Å². The summed E-state index contributed by atoms with van der Waals surface area (Å²) in [5, 5.41) is 0. The molecule has 0 heterocycles. The van der Waals surface area contributed by atoms with Crippen molar-refractivity contribution in [2.24, 2.45) is 11.8 Å². The van der Waals surface area contributed by atoms with Gasteiger partial charge in [-0.3, -0.25) is 9.59 Å². The molecule has 0 amide bonds. The smallest absolute Gasteiger partial charge is 0.155 e. The fourth-order valence-corrected chi connectivity index (χ4v) is 1.44. The van der Waals surface area contributed by atoms with E-state index in [1.54, 1.807) is 13.8 Å². The van der Waals surface area contributed by atoms with Gasteiger partial charge in [0, 0.05) is 19.4 Å². The van der Waals surface area contributed by atoms with Crippen molar-refractivity contribution in [3.05, 3.63) is 0 Å². The van der Waals surface area contributed by atoms with Crippen LogP contribution in [-0.2, 0) is 19.1 Å². The molecule has 1 rings (SSSR count). The molecule has 0 aromatic rings. The molecule has 0 aromatic carbocycles. The number of hydrogen-bond donors (Lipinski definition) is 0. The third-order valence-corrected chi connectivity index (χ3v) is 2.58. The van der Waals surface area contributed by atoms with Crippen molar-refractivity contribution in [1.29, 1.82) is 0 Å². The Labute approximate surface area is 146 Å². The number of carbonyl (C=O) groups excluding carboxylic acids is 3. The first kappa shape index (κ1) is 37.9. The van der Waals surface area contributed by atoms with Gasteiger partial charge >= 0.3 is 0 Å². The Kier molecular flexibility index (Phi) is 38.3. The maximum absolute atomic E-state index is 10.4. The summed E-state index contributed by atoms with van der Waals surface area (Å²) < 4.78 is 4.45. The van der Waals surface area contributed by atoms with Crippen LogP contribution in [0, 0.1) is 11.8 Å². The fourth-order valence-electron chi connectivity index (χ4n) is 1.44. The van der Waals surface area contributed by atoms with Crippen LogP contribution in [0.3, 0.4) is 0 Å². The Morgan fingerprint density at radius 1 is 0.957 bits per heavy atom. The largest absolute Gasteiger partial charge is 0.377 e. The second kappa shape index (κ2) is 23.2. The Balaban J connectivity index is -0.0000000436. The van der Waals surface area contributed by atoms with E-state index in [2.05, 4.69) is 11.7 Å². The number of methoxy groups -OCH3 is 1. The van der Waals surface area contributed by atoms with Gasteiger partial charge in [-0.1, -0.05) is 43.6 Å². The first-order valence-electron chi connectivity index (χ1n) is 6.74. The number of hydrogen-bond acceptors (Lipinski definition) is 4. The summed E-state index contributed by atoms with van der Waals surface area (Å²) in [5.74, 6) is 1.85. The fraction of sp³-hybridized carbons (Fsp3) is 0.842. The Bertz CT molecular complexity index is 269. The molecule has 0 aliphatic heterocycles. The highest BCUT2D eigenvalue weighted by atomic mass is 16.5. The first-order chi connectivity index (χ1) is 8.76. The van der Waals surface area contributed by atoms with Crippen LogP contribution in [0.15, 0.2) is 0 Å². The average Bonchev–Trinajstić information content (AvgIpc) is 2.97. The van der Waals surface area contributed by atoms with Crippen LogP contribution in [0.1, 0.15) is 83.6 Å². The third-order valence-electron chi connectivity index (χ3n) is 2.58. The predicted octanol–water partition coefficient (Wildman–Crippen LogP) is 5.37. The summed E-state index contributed by atoms with van der Waals surface area (Å²) >= 11 is 0. The molecule has 2 unspecified atom stereocenters. The monoisotopic (exact) mass is 336 g/mol. The minimum Gasteiger partial charge on any atom is -0.377 e. The van der Waals surface area contributed by atoms with E-state index in [9.17, 15) is 14.4 Å². The van der Waals surface area contributed by atoms with E-state index in [0.29, 0.717) is 17.6 Å². The average molecular weight is 337 g/mol. The lowest BCUT2D eigenvalue weighted by Gasteiger charge is -1.84. The van der Waals surface area contributed by atoms with Crippen LogP contribution in [0.2, 0.25) is 0 Å². The summed E-state index contributed by atoms with van der Waals surface area (Å²) in [6.07, 6.45) is 2.85. The van der Waals surface area contributed by atoms with Crippen molar-refractivity contribution >= 4 is 17.3 Å². The second-order valence-corrected chi connectivity index (χ2v) is 5.02. The van der Waals surface area contributed by atoms with Crippen molar-refractivity contribution in [2.75, 3.05) is 13.7 Å². The molecule has 0 radical (unpaired) electrons. The summed E-state index contributed by atoms with van der Waals surface area (Å²) in [5.41, 5.74) is 0. The van der Waals surface area contributed by atoms with Gasteiger partial charge in [0.15, 0.2) is 5.78 Å². The van der Waals surface area contributed by atoms with Gasteiger partial charge in [-0.25, -0.2) is 0 Å². The number of rotatable bonds is 5. The Morgan fingerprint density at radius 2 is 1.35 bits per heavy atom. The summed E-state index contributed by atoms with van der Waals surface area (Å²) in [4.78, 5) is 30.4. The third kappa shape index (κ3) is 33.7. The normalized spacial score (nSPS) is 15.9. The number of ether oxygens (including phenoxy) is 1. The molecule has 144 valence electrons. The van der Waals surface area contributed by atoms with E-state index in [-0.39, 0.29) is 47.9 Å². The standard InChI is InChI=1S/C6H10O.C5H10O.C4H8O2.4CH4/c1-4-3-6(4)5(2)7;1-3-4-5(2)6;1-4(5)3-6-2;;;;/h4,6H,3H2,1-2H3;3-4H2,1-2H3;3H2,1-2H3;4*1H4. The topological polar surface area (TPSA) is 60.4 Å². The van der Waals surface area contributed by atoms with Gasteiger partial charge in [0.05, 0.1) is 0 Å². The van der Waals surface area contributed by atoms with Gasteiger partial charge in [-0.2, -0.15) is 0 Å². The molecular weight excluding hydrogens is 292 g/mol. The molecule has 4 heteroatoms. The van der Waals surface area contributed by atoms with Gasteiger partial charge in [-0.15, -0.1) is 0 Å². The van der Waals surface area contributed by atoms with Crippen molar-refractivity contribution in [1.82, 2.24) is 0 Å². The summed E-state index contributed by atoms with van der Waals surface area (Å²) in [7, 11) is 1.50. The molecule has 2 atom stereocenters. The molecule has 1 saturated carbocycles. The minimum absolute atomic E-state index is 0. The Hall–Kier alpha value is -1.03. The van der Waals surface area contributed by atoms with Crippen LogP contribution >= 0.6 is 0 Å². The molecule has 0 aromatic heterocycles. The first-order valence-corrected chi connectivity index (χ1v) is 6.74. The zero-order valence-electron chi connectivity index (χ0n) is 13.1. The van der Waals surface area contributed by atoms with Crippen molar-refractivity contribution in [3.63, 3.8) is 0 Å². The lowest BCUT2D eigenvalue weighted by Crippen LogP contribution is -1.98. The lowest BCUT2D eigenvalue weighted by molar-refractivity contribution is -0.120. The molecular formula is C19H44O4. The number of ketones is 3. The van der Waals surface area contributed by atoms with E-state index in [1.807, 2.05) is 6.92 Å². The second-order valence-electron chi connectivity index (χ2n) is 5.02. The highest BCUT2D eigenvalue weighted by molar-refractivity contribution is 5.81. The molecule has 0 N–H and O–H groups in total. The summed E-state index contributed by atoms with van der Waals surface area (Å²) in [6.45, 7) is 9.13. The molecule has 0 saturated heterocycles. The molecule has 0 spiro atoms. The van der Waals surface area contributed by atoms with E-state index >= 15 is 0 Å². The predicted molar refractivity (Wildman–Crippen MR) is 103 cm³/mol. The number of carbonyl (C=O) groups is 3. The van der Waals surface area contributed by atoms with E-state index in [4.69, 9.17) is 0 Å². The molecule has 23 heavy (non-hydrogen) atoms. The summed E-state index contributed by atoms with van der Waals surface area (Å²) in [6, 6.07) is 0. The van der Waals surface area contributed by atoms with Crippen LogP contribution in [0.25, 0.3) is 0 Å². The van der Waals surface area contributed by atoms with Gasteiger partial charge < -0.3 is 9.53 Å². The van der Waals surface area contributed by atoms with Crippen LogP contribution in [-0.4, -0.2) is 31.1 Å². The Morgan fingerprint density at radius 3 is 1.35 bits per heavy atom. The lowest BCUT2D eigenvalue weighted by atomic mass is 10.2. The van der Waals surface area contributed by atoms with E-state index in [0.717, 1.165) is 19.3 Å². The molecule has 4 nitrogen and oxygen atoms in total. The van der Waals surface area contributed by atoms with Gasteiger partial charge in [0.1, 0.15) is 18.2 Å². The van der Waals surface area contributed by atoms with Gasteiger partial charge in [-0.05, 0) is 39.5 Å².